The second-order valence-electron chi connectivity index (χ2n) is 6.91. The normalized spacial score (nSPS) is 10.2. The van der Waals surface area contributed by atoms with Crippen LogP contribution < -0.4 is 20.7 Å². The summed E-state index contributed by atoms with van der Waals surface area (Å²) in [4.78, 5) is 11.0. The first-order valence-electron chi connectivity index (χ1n) is 10.5. The Balaban J connectivity index is 0.000000195. The number of hydrogen-bond donors (Lipinski definition) is 0. The van der Waals surface area contributed by atoms with Gasteiger partial charge in [-0.2, -0.15) is 0 Å². The number of benzene rings is 4. The molecular weight excluding hydrogens is 479 g/mol. The Morgan fingerprint density at radius 2 is 1.09 bits per heavy atom. The van der Waals surface area contributed by atoms with Crippen molar-refractivity contribution >= 4 is 45.7 Å². The second kappa shape index (κ2) is 13.0. The molecule has 4 aromatic carbocycles. The SMILES string of the molecule is CCC(=O)Oc1ccccc1CBr.c1ccc(P(c2ccccc2)c2ccccc2)cc1. The highest BCUT2D eigenvalue weighted by atomic mass is 79.9. The number of para-hydroxylation sites is 1. The maximum atomic E-state index is 11.0. The summed E-state index contributed by atoms with van der Waals surface area (Å²) >= 11 is 3.33. The van der Waals surface area contributed by atoms with Gasteiger partial charge in [0.15, 0.2) is 0 Å². The van der Waals surface area contributed by atoms with E-state index in [4.69, 9.17) is 4.74 Å². The van der Waals surface area contributed by atoms with Crippen LogP contribution in [0.5, 0.6) is 5.75 Å². The average Bonchev–Trinajstić information content (AvgIpc) is 2.87. The van der Waals surface area contributed by atoms with Gasteiger partial charge in [0, 0.05) is 17.3 Å². The van der Waals surface area contributed by atoms with Crippen molar-refractivity contribution in [2.75, 3.05) is 0 Å². The summed E-state index contributed by atoms with van der Waals surface area (Å²) in [6, 6.07) is 39.8. The van der Waals surface area contributed by atoms with Crippen LogP contribution in [0.4, 0.5) is 0 Å². The van der Waals surface area contributed by atoms with E-state index in [1.807, 2.05) is 18.2 Å². The first kappa shape index (κ1) is 23.9. The van der Waals surface area contributed by atoms with Crippen LogP contribution in [0.1, 0.15) is 18.9 Å². The van der Waals surface area contributed by atoms with Crippen molar-refractivity contribution in [2.24, 2.45) is 0 Å². The zero-order chi connectivity index (χ0) is 22.6. The van der Waals surface area contributed by atoms with Gasteiger partial charge in [0.1, 0.15) is 5.75 Å². The van der Waals surface area contributed by atoms with Crippen LogP contribution in [0.3, 0.4) is 0 Å². The number of carbonyl (C=O) groups is 1. The van der Waals surface area contributed by atoms with E-state index in [0.717, 1.165) is 5.56 Å². The molecule has 0 atom stereocenters. The smallest absolute Gasteiger partial charge is 0.310 e. The number of alkyl halides is 1. The average molecular weight is 505 g/mol. The largest absolute Gasteiger partial charge is 0.426 e. The predicted molar refractivity (Wildman–Crippen MR) is 140 cm³/mol. The van der Waals surface area contributed by atoms with E-state index in [0.29, 0.717) is 17.5 Å². The lowest BCUT2D eigenvalue weighted by Gasteiger charge is -2.18. The molecule has 162 valence electrons. The molecule has 0 saturated carbocycles. The van der Waals surface area contributed by atoms with Gasteiger partial charge in [-0.1, -0.05) is 132 Å². The summed E-state index contributed by atoms with van der Waals surface area (Å²) in [5.41, 5.74) is 0.990. The fourth-order valence-corrected chi connectivity index (χ4v) is 5.86. The molecule has 32 heavy (non-hydrogen) atoms. The highest BCUT2D eigenvalue weighted by Gasteiger charge is 2.15. The van der Waals surface area contributed by atoms with Gasteiger partial charge < -0.3 is 4.74 Å². The molecule has 0 N–H and O–H groups in total. The van der Waals surface area contributed by atoms with Crippen molar-refractivity contribution in [2.45, 2.75) is 18.7 Å². The molecule has 0 fully saturated rings. The molecular formula is C28H26BrO2P. The van der Waals surface area contributed by atoms with E-state index in [2.05, 4.69) is 107 Å². The monoisotopic (exact) mass is 504 g/mol. The Morgan fingerprint density at radius 1 is 0.688 bits per heavy atom. The van der Waals surface area contributed by atoms with Crippen LogP contribution in [0.15, 0.2) is 115 Å². The molecule has 0 spiro atoms. The van der Waals surface area contributed by atoms with Gasteiger partial charge in [0.25, 0.3) is 0 Å². The molecule has 0 saturated heterocycles. The fraction of sp³-hybridized carbons (Fsp3) is 0.107. The topological polar surface area (TPSA) is 26.3 Å². The predicted octanol–water partition coefficient (Wildman–Crippen LogP) is 6.34. The van der Waals surface area contributed by atoms with Crippen molar-refractivity contribution in [1.29, 1.82) is 0 Å². The van der Waals surface area contributed by atoms with Crippen LogP contribution in [-0.4, -0.2) is 5.97 Å². The quantitative estimate of drug-likeness (QED) is 0.132. The Labute approximate surface area is 200 Å². The van der Waals surface area contributed by atoms with Crippen molar-refractivity contribution in [3.63, 3.8) is 0 Å². The van der Waals surface area contributed by atoms with E-state index in [1.54, 1.807) is 13.0 Å². The van der Waals surface area contributed by atoms with Crippen LogP contribution in [-0.2, 0) is 10.1 Å². The van der Waals surface area contributed by atoms with Crippen molar-refractivity contribution in [3.8, 4) is 5.75 Å². The molecule has 4 aromatic rings. The molecule has 0 radical (unpaired) electrons. The van der Waals surface area contributed by atoms with Crippen molar-refractivity contribution < 1.29 is 9.53 Å². The molecule has 0 amide bonds. The third kappa shape index (κ3) is 6.88. The standard InChI is InChI=1S/C18H15P.C10H11BrO2/c1-4-10-16(11-5-1)19(17-12-6-2-7-13-17)18-14-8-3-9-15-18;1-2-10(12)13-9-6-4-3-5-8(9)7-11/h1-15H;3-6H,2,7H2,1H3. The van der Waals surface area contributed by atoms with Crippen molar-refractivity contribution in [3.05, 3.63) is 121 Å². The maximum Gasteiger partial charge on any atom is 0.310 e. The molecule has 4 rings (SSSR count). The molecule has 0 aliphatic heterocycles. The number of carbonyl (C=O) groups excluding carboxylic acids is 1. The number of hydrogen-bond acceptors (Lipinski definition) is 2. The Morgan fingerprint density at radius 3 is 1.50 bits per heavy atom. The third-order valence-corrected chi connectivity index (χ3v) is 7.72. The fourth-order valence-electron chi connectivity index (χ4n) is 3.09. The number of halogens is 1. The Hall–Kier alpha value is -2.74. The van der Waals surface area contributed by atoms with Crippen LogP contribution in [0.25, 0.3) is 0 Å². The van der Waals surface area contributed by atoms with Crippen LogP contribution >= 0.6 is 23.9 Å². The minimum atomic E-state index is -0.446. The number of ether oxygens (including phenoxy) is 1. The third-order valence-electron chi connectivity index (χ3n) is 4.67. The summed E-state index contributed by atoms with van der Waals surface area (Å²) in [6.07, 6.45) is 0.399. The first-order chi connectivity index (χ1) is 15.7. The summed E-state index contributed by atoms with van der Waals surface area (Å²) < 4.78 is 5.12. The van der Waals surface area contributed by atoms with E-state index in [-0.39, 0.29) is 5.97 Å². The molecule has 0 unspecified atom stereocenters. The second-order valence-corrected chi connectivity index (χ2v) is 9.69. The lowest BCUT2D eigenvalue weighted by Crippen LogP contribution is -2.20. The molecule has 2 nitrogen and oxygen atoms in total. The van der Waals surface area contributed by atoms with E-state index < -0.39 is 7.92 Å². The van der Waals surface area contributed by atoms with Gasteiger partial charge >= 0.3 is 5.97 Å². The van der Waals surface area contributed by atoms with Gasteiger partial charge in [0.05, 0.1) is 0 Å². The molecule has 0 aromatic heterocycles. The summed E-state index contributed by atoms with van der Waals surface area (Å²) in [5.74, 6) is 0.444. The van der Waals surface area contributed by atoms with Gasteiger partial charge in [0.2, 0.25) is 0 Å². The Bertz CT molecular complexity index is 992. The number of rotatable bonds is 6. The summed E-state index contributed by atoms with van der Waals surface area (Å²) in [5, 5.41) is 4.89. The van der Waals surface area contributed by atoms with Crippen LogP contribution in [0, 0.1) is 0 Å². The molecule has 0 bridgehead atoms. The zero-order valence-electron chi connectivity index (χ0n) is 18.0. The summed E-state index contributed by atoms with van der Waals surface area (Å²) in [6.45, 7) is 1.78. The molecule has 0 aliphatic rings. The van der Waals surface area contributed by atoms with Gasteiger partial charge in [-0.3, -0.25) is 4.79 Å². The van der Waals surface area contributed by atoms with Gasteiger partial charge in [-0.05, 0) is 29.9 Å². The van der Waals surface area contributed by atoms with E-state index in [1.165, 1.54) is 15.9 Å². The first-order valence-corrected chi connectivity index (χ1v) is 13.0. The lowest BCUT2D eigenvalue weighted by molar-refractivity contribution is -0.134. The van der Waals surface area contributed by atoms with Gasteiger partial charge in [-0.25, -0.2) is 0 Å². The van der Waals surface area contributed by atoms with E-state index >= 15 is 0 Å². The maximum absolute atomic E-state index is 11.0. The van der Waals surface area contributed by atoms with Gasteiger partial charge in [-0.15, -0.1) is 0 Å². The zero-order valence-corrected chi connectivity index (χ0v) is 20.5. The van der Waals surface area contributed by atoms with Crippen molar-refractivity contribution in [1.82, 2.24) is 0 Å². The molecule has 0 aliphatic carbocycles. The highest BCUT2D eigenvalue weighted by molar-refractivity contribution is 9.08. The minimum Gasteiger partial charge on any atom is -0.426 e. The molecule has 0 heterocycles. The molecule has 4 heteroatoms. The minimum absolute atomic E-state index is 0.201. The number of esters is 1. The Kier molecular flexibility index (Phi) is 9.68. The summed E-state index contributed by atoms with van der Waals surface area (Å²) in [7, 11) is -0.446. The lowest BCUT2D eigenvalue weighted by atomic mass is 10.2. The van der Waals surface area contributed by atoms with E-state index in [9.17, 15) is 4.79 Å². The highest BCUT2D eigenvalue weighted by Crippen LogP contribution is 2.32. The van der Waals surface area contributed by atoms with Crippen LogP contribution in [0.2, 0.25) is 0 Å².